The Hall–Kier alpha value is -0.300. The maximum Gasteiger partial charge on any atom is 0.191 e. The van der Waals surface area contributed by atoms with Crippen LogP contribution in [0.1, 0.15) is 25.6 Å². The second-order valence-electron chi connectivity index (χ2n) is 4.37. The first-order valence-electron chi connectivity index (χ1n) is 6.27. The van der Waals surface area contributed by atoms with Gasteiger partial charge >= 0.3 is 0 Å². The first-order valence-corrected chi connectivity index (χ1v) is 7.15. The maximum absolute atomic E-state index is 4.53. The summed E-state index contributed by atoms with van der Waals surface area (Å²) in [6.45, 7) is 9.16. The first-order chi connectivity index (χ1) is 8.22. The molecule has 3 nitrogen and oxygen atoms in total. The number of nitrogens with zero attached hydrogens (tertiary/aromatic N) is 1. The molecule has 0 spiro atoms. The van der Waals surface area contributed by atoms with Crippen LogP contribution in [0.15, 0.2) is 22.5 Å². The highest BCUT2D eigenvalue weighted by Gasteiger charge is 1.99. The molecule has 104 valence electrons. The van der Waals surface area contributed by atoms with Crippen molar-refractivity contribution in [3.05, 3.63) is 22.4 Å². The van der Waals surface area contributed by atoms with E-state index >= 15 is 0 Å². The van der Waals surface area contributed by atoms with E-state index in [0.717, 1.165) is 32.0 Å². The fraction of sp³-hybridized carbons (Fsp3) is 0.615. The van der Waals surface area contributed by atoms with E-state index in [-0.39, 0.29) is 24.0 Å². The average Bonchev–Trinajstić information content (AvgIpc) is 2.78. The highest BCUT2D eigenvalue weighted by atomic mass is 127. The SMILES string of the molecule is CCNC(=NCC(C)C)NCCc1cccs1.I. The second kappa shape index (κ2) is 10.6. The number of aliphatic imine (C=N–C) groups is 1. The zero-order valence-electron chi connectivity index (χ0n) is 11.4. The second-order valence-corrected chi connectivity index (χ2v) is 5.40. The molecule has 18 heavy (non-hydrogen) atoms. The molecule has 0 saturated heterocycles. The Morgan fingerprint density at radius 2 is 2.17 bits per heavy atom. The molecule has 0 atom stereocenters. The molecule has 0 aromatic carbocycles. The van der Waals surface area contributed by atoms with Crippen LogP contribution in [0.2, 0.25) is 0 Å². The van der Waals surface area contributed by atoms with Crippen LogP contribution in [0.4, 0.5) is 0 Å². The van der Waals surface area contributed by atoms with Gasteiger partial charge in [0, 0.05) is 24.5 Å². The minimum Gasteiger partial charge on any atom is -0.357 e. The van der Waals surface area contributed by atoms with Crippen molar-refractivity contribution in [1.29, 1.82) is 0 Å². The summed E-state index contributed by atoms with van der Waals surface area (Å²) in [7, 11) is 0. The monoisotopic (exact) mass is 381 g/mol. The lowest BCUT2D eigenvalue weighted by Crippen LogP contribution is -2.38. The van der Waals surface area contributed by atoms with Crippen LogP contribution in [0.3, 0.4) is 0 Å². The fourth-order valence-corrected chi connectivity index (χ4v) is 2.08. The predicted octanol–water partition coefficient (Wildman–Crippen LogP) is 3.12. The van der Waals surface area contributed by atoms with Crippen molar-refractivity contribution in [2.75, 3.05) is 19.6 Å². The van der Waals surface area contributed by atoms with Crippen LogP contribution in [-0.4, -0.2) is 25.6 Å². The molecule has 1 aromatic heterocycles. The van der Waals surface area contributed by atoms with E-state index in [1.54, 1.807) is 11.3 Å². The molecule has 2 N–H and O–H groups in total. The zero-order valence-corrected chi connectivity index (χ0v) is 14.5. The highest BCUT2D eigenvalue weighted by molar-refractivity contribution is 14.0. The van der Waals surface area contributed by atoms with Crippen LogP contribution < -0.4 is 10.6 Å². The Labute approximate surface area is 131 Å². The van der Waals surface area contributed by atoms with Gasteiger partial charge in [0.25, 0.3) is 0 Å². The van der Waals surface area contributed by atoms with Crippen LogP contribution in [-0.2, 0) is 6.42 Å². The summed E-state index contributed by atoms with van der Waals surface area (Å²) in [4.78, 5) is 5.94. The molecule has 0 fully saturated rings. The van der Waals surface area contributed by atoms with E-state index < -0.39 is 0 Å². The third kappa shape index (κ3) is 7.92. The standard InChI is InChI=1S/C13H23N3S.HI/c1-4-14-13(16-10-11(2)3)15-8-7-12-6-5-9-17-12;/h5-6,9,11H,4,7-8,10H2,1-3H3,(H2,14,15,16);1H. The number of thiophene rings is 1. The third-order valence-corrected chi connectivity index (χ3v) is 3.14. The summed E-state index contributed by atoms with van der Waals surface area (Å²) in [6, 6.07) is 4.27. The molecular weight excluding hydrogens is 357 g/mol. The molecule has 0 amide bonds. The highest BCUT2D eigenvalue weighted by Crippen LogP contribution is 2.07. The number of nitrogens with one attached hydrogen (secondary N) is 2. The molecule has 0 unspecified atom stereocenters. The van der Waals surface area contributed by atoms with Gasteiger partial charge in [-0.3, -0.25) is 4.99 Å². The van der Waals surface area contributed by atoms with Crippen LogP contribution in [0, 0.1) is 5.92 Å². The van der Waals surface area contributed by atoms with Crippen molar-refractivity contribution in [2.45, 2.75) is 27.2 Å². The molecular formula is C13H24IN3S. The van der Waals surface area contributed by atoms with E-state index in [2.05, 4.69) is 53.9 Å². The topological polar surface area (TPSA) is 36.4 Å². The smallest absolute Gasteiger partial charge is 0.191 e. The summed E-state index contributed by atoms with van der Waals surface area (Å²) < 4.78 is 0. The first kappa shape index (κ1) is 17.7. The lowest BCUT2D eigenvalue weighted by Gasteiger charge is -2.11. The largest absolute Gasteiger partial charge is 0.357 e. The van der Waals surface area contributed by atoms with Gasteiger partial charge in [-0.05, 0) is 30.7 Å². The Morgan fingerprint density at radius 3 is 2.72 bits per heavy atom. The van der Waals surface area contributed by atoms with Gasteiger partial charge in [-0.1, -0.05) is 19.9 Å². The van der Waals surface area contributed by atoms with Crippen LogP contribution in [0.25, 0.3) is 0 Å². The lowest BCUT2D eigenvalue weighted by molar-refractivity contribution is 0.656. The summed E-state index contributed by atoms with van der Waals surface area (Å²) in [5.41, 5.74) is 0. The molecule has 0 aliphatic carbocycles. The third-order valence-electron chi connectivity index (χ3n) is 2.20. The quantitative estimate of drug-likeness (QED) is 0.451. The minimum atomic E-state index is 0. The van der Waals surface area contributed by atoms with Crippen molar-refractivity contribution < 1.29 is 0 Å². The van der Waals surface area contributed by atoms with E-state index in [1.807, 2.05) is 0 Å². The minimum absolute atomic E-state index is 0. The number of rotatable bonds is 6. The van der Waals surface area contributed by atoms with Gasteiger partial charge in [-0.15, -0.1) is 35.3 Å². The van der Waals surface area contributed by atoms with Crippen molar-refractivity contribution in [1.82, 2.24) is 10.6 Å². The molecule has 0 aliphatic heterocycles. The predicted molar refractivity (Wildman–Crippen MR) is 92.3 cm³/mol. The van der Waals surface area contributed by atoms with Gasteiger partial charge in [-0.2, -0.15) is 0 Å². The average molecular weight is 381 g/mol. The molecule has 1 aromatic rings. The lowest BCUT2D eigenvalue weighted by atomic mass is 10.2. The van der Waals surface area contributed by atoms with Crippen molar-refractivity contribution >= 4 is 41.3 Å². The number of guanidine groups is 1. The summed E-state index contributed by atoms with van der Waals surface area (Å²) in [6.07, 6.45) is 1.06. The van der Waals surface area contributed by atoms with Crippen molar-refractivity contribution in [2.24, 2.45) is 10.9 Å². The number of hydrogen-bond donors (Lipinski definition) is 2. The van der Waals surface area contributed by atoms with Crippen LogP contribution in [0.5, 0.6) is 0 Å². The van der Waals surface area contributed by atoms with Crippen LogP contribution >= 0.6 is 35.3 Å². The Morgan fingerprint density at radius 1 is 1.39 bits per heavy atom. The van der Waals surface area contributed by atoms with E-state index in [1.165, 1.54) is 4.88 Å². The molecule has 5 heteroatoms. The van der Waals surface area contributed by atoms with E-state index in [9.17, 15) is 0 Å². The molecule has 0 saturated carbocycles. The Bertz CT molecular complexity index is 323. The molecule has 0 radical (unpaired) electrons. The summed E-state index contributed by atoms with van der Waals surface area (Å²) in [5.74, 6) is 1.53. The molecule has 1 heterocycles. The summed E-state index contributed by atoms with van der Waals surface area (Å²) >= 11 is 1.81. The maximum atomic E-state index is 4.53. The van der Waals surface area contributed by atoms with Gasteiger partial charge in [0.2, 0.25) is 0 Å². The van der Waals surface area contributed by atoms with Crippen molar-refractivity contribution in [3.63, 3.8) is 0 Å². The normalized spacial score (nSPS) is 11.2. The van der Waals surface area contributed by atoms with E-state index in [0.29, 0.717) is 5.92 Å². The number of hydrogen-bond acceptors (Lipinski definition) is 2. The van der Waals surface area contributed by atoms with E-state index in [4.69, 9.17) is 0 Å². The van der Waals surface area contributed by atoms with Gasteiger partial charge in [0.1, 0.15) is 0 Å². The molecule has 1 rings (SSSR count). The van der Waals surface area contributed by atoms with Gasteiger partial charge in [0.05, 0.1) is 0 Å². The number of halogens is 1. The Kier molecular flexibility index (Phi) is 10.4. The van der Waals surface area contributed by atoms with Gasteiger partial charge < -0.3 is 10.6 Å². The fourth-order valence-electron chi connectivity index (χ4n) is 1.37. The Balaban J connectivity index is 0.00000289. The zero-order chi connectivity index (χ0) is 12.5. The van der Waals surface area contributed by atoms with Gasteiger partial charge in [0.15, 0.2) is 5.96 Å². The summed E-state index contributed by atoms with van der Waals surface area (Å²) in [5, 5.41) is 8.74. The van der Waals surface area contributed by atoms with Crippen molar-refractivity contribution in [3.8, 4) is 0 Å². The van der Waals surface area contributed by atoms with Gasteiger partial charge in [-0.25, -0.2) is 0 Å². The molecule has 0 aliphatic rings. The molecule has 0 bridgehead atoms.